The van der Waals surface area contributed by atoms with Crippen LogP contribution >= 0.6 is 0 Å². The second-order valence-electron chi connectivity index (χ2n) is 1.51. The van der Waals surface area contributed by atoms with Crippen LogP contribution in [0.4, 0.5) is 0 Å². The van der Waals surface area contributed by atoms with E-state index in [1.54, 1.807) is 0 Å². The Morgan fingerprint density at radius 2 is 1.70 bits per heavy atom. The lowest BCUT2D eigenvalue weighted by molar-refractivity contribution is 0.401. The SMILES string of the molecule is COS(=O)(=O)CS(N)(=O)=O. The van der Waals surface area contributed by atoms with Crippen LogP contribution in [0.5, 0.6) is 0 Å². The van der Waals surface area contributed by atoms with Gasteiger partial charge in [-0.25, -0.2) is 13.6 Å². The number of sulfonamides is 1. The molecule has 0 aliphatic rings. The lowest BCUT2D eigenvalue weighted by atomic mass is 11.8. The number of rotatable bonds is 3. The predicted octanol–water partition coefficient (Wildman–Crippen LogP) is -1.79. The van der Waals surface area contributed by atoms with Crippen molar-refractivity contribution in [2.75, 3.05) is 12.2 Å². The van der Waals surface area contributed by atoms with Gasteiger partial charge in [0.15, 0.2) is 5.08 Å². The maximum absolute atomic E-state index is 10.3. The van der Waals surface area contributed by atoms with Gasteiger partial charge in [-0.15, -0.1) is 0 Å². The molecule has 0 aliphatic carbocycles. The summed E-state index contributed by atoms with van der Waals surface area (Å²) in [5, 5.41) is 3.23. The van der Waals surface area contributed by atoms with Gasteiger partial charge in [-0.2, -0.15) is 8.42 Å². The van der Waals surface area contributed by atoms with Gasteiger partial charge in [-0.1, -0.05) is 0 Å². The number of hydrogen-bond donors (Lipinski definition) is 1. The van der Waals surface area contributed by atoms with E-state index in [9.17, 15) is 16.8 Å². The van der Waals surface area contributed by atoms with E-state index in [2.05, 4.69) is 9.32 Å². The lowest BCUT2D eigenvalue weighted by Gasteiger charge is -1.96. The molecule has 0 aromatic heterocycles. The fraction of sp³-hybridized carbons (Fsp3) is 1.00. The van der Waals surface area contributed by atoms with Gasteiger partial charge in [0, 0.05) is 0 Å². The van der Waals surface area contributed by atoms with Crippen LogP contribution in [0.2, 0.25) is 0 Å². The van der Waals surface area contributed by atoms with Crippen molar-refractivity contribution in [3.8, 4) is 0 Å². The lowest BCUT2D eigenvalue weighted by Crippen LogP contribution is -2.23. The summed E-state index contributed by atoms with van der Waals surface area (Å²) < 4.78 is 44.7. The largest absolute Gasteiger partial charge is 0.283 e. The monoisotopic (exact) mass is 189 g/mol. The molecule has 0 radical (unpaired) electrons. The summed E-state index contributed by atoms with van der Waals surface area (Å²) in [5.41, 5.74) is 0. The van der Waals surface area contributed by atoms with Gasteiger partial charge >= 0.3 is 0 Å². The molecular weight excluding hydrogens is 182 g/mol. The molecule has 0 saturated heterocycles. The van der Waals surface area contributed by atoms with Gasteiger partial charge in [0.2, 0.25) is 10.0 Å². The topological polar surface area (TPSA) is 104 Å². The molecule has 6 nitrogen and oxygen atoms in total. The van der Waals surface area contributed by atoms with Gasteiger partial charge in [-0.05, 0) is 0 Å². The summed E-state index contributed by atoms with van der Waals surface area (Å²) in [6, 6.07) is 0. The van der Waals surface area contributed by atoms with Gasteiger partial charge in [0.1, 0.15) is 0 Å². The molecule has 0 aromatic carbocycles. The Morgan fingerprint density at radius 1 is 1.30 bits per heavy atom. The third-order valence-corrected chi connectivity index (χ3v) is 3.54. The van der Waals surface area contributed by atoms with Gasteiger partial charge in [-0.3, -0.25) is 4.18 Å². The van der Waals surface area contributed by atoms with Crippen molar-refractivity contribution in [1.82, 2.24) is 0 Å². The fourth-order valence-corrected chi connectivity index (χ4v) is 2.24. The van der Waals surface area contributed by atoms with Crippen molar-refractivity contribution in [3.63, 3.8) is 0 Å². The van der Waals surface area contributed by atoms with Crippen molar-refractivity contribution in [1.29, 1.82) is 0 Å². The van der Waals surface area contributed by atoms with Crippen LogP contribution in [0.3, 0.4) is 0 Å². The van der Waals surface area contributed by atoms with Crippen LogP contribution in [-0.4, -0.2) is 29.0 Å². The highest BCUT2D eigenvalue weighted by atomic mass is 32.3. The first-order valence-corrected chi connectivity index (χ1v) is 5.35. The first kappa shape index (κ1) is 9.82. The molecule has 0 unspecified atom stereocenters. The molecule has 0 heterocycles. The van der Waals surface area contributed by atoms with Crippen LogP contribution in [0.1, 0.15) is 0 Å². The Kier molecular flexibility index (Phi) is 2.77. The van der Waals surface area contributed by atoms with Gasteiger partial charge < -0.3 is 0 Å². The van der Waals surface area contributed by atoms with E-state index < -0.39 is 25.2 Å². The third-order valence-electron chi connectivity index (χ3n) is 0.563. The zero-order chi connectivity index (χ0) is 8.41. The first-order valence-electron chi connectivity index (χ1n) is 2.05. The molecule has 0 amide bonds. The summed E-state index contributed by atoms with van der Waals surface area (Å²) in [6.07, 6.45) is 0. The fourth-order valence-electron chi connectivity index (χ4n) is 0.249. The number of nitrogens with two attached hydrogens (primary N) is 1. The quantitative estimate of drug-likeness (QED) is 0.528. The summed E-state index contributed by atoms with van der Waals surface area (Å²) in [7, 11) is -7.14. The molecular formula is C2H7NO5S2. The smallest absolute Gasteiger partial charge is 0.273 e. The normalized spacial score (nSPS) is 13.4. The second-order valence-corrected chi connectivity index (χ2v) is 5.22. The van der Waals surface area contributed by atoms with E-state index in [1.165, 1.54) is 0 Å². The Balaban J connectivity index is 4.49. The van der Waals surface area contributed by atoms with Crippen LogP contribution in [0.25, 0.3) is 0 Å². The Bertz CT molecular complexity index is 286. The standard InChI is InChI=1S/C2H7NO5S2/c1-8-10(6,7)2-9(3,4)5/h2H2,1H3,(H2,3,4,5). The van der Waals surface area contributed by atoms with Crippen molar-refractivity contribution in [2.45, 2.75) is 0 Å². The molecule has 62 valence electrons. The second kappa shape index (κ2) is 2.82. The Morgan fingerprint density at radius 3 is 1.80 bits per heavy atom. The summed E-state index contributed by atoms with van der Waals surface area (Å²) in [5.74, 6) is 0. The molecule has 8 heteroatoms. The van der Waals surface area contributed by atoms with E-state index in [0.717, 1.165) is 7.11 Å². The van der Waals surface area contributed by atoms with Crippen molar-refractivity contribution in [3.05, 3.63) is 0 Å². The maximum atomic E-state index is 10.3. The zero-order valence-corrected chi connectivity index (χ0v) is 6.78. The summed E-state index contributed by atoms with van der Waals surface area (Å²) in [4.78, 5) is 0. The van der Waals surface area contributed by atoms with Crippen molar-refractivity contribution < 1.29 is 21.0 Å². The molecule has 0 bridgehead atoms. The van der Waals surface area contributed by atoms with Crippen molar-refractivity contribution >= 4 is 20.1 Å². The van der Waals surface area contributed by atoms with Crippen LogP contribution < -0.4 is 5.14 Å². The van der Waals surface area contributed by atoms with E-state index in [1.807, 2.05) is 0 Å². The van der Waals surface area contributed by atoms with Crippen LogP contribution in [0.15, 0.2) is 0 Å². The van der Waals surface area contributed by atoms with E-state index in [-0.39, 0.29) is 0 Å². The molecule has 0 fully saturated rings. The molecule has 0 rings (SSSR count). The highest BCUT2D eigenvalue weighted by molar-refractivity contribution is 8.04. The average molecular weight is 189 g/mol. The molecule has 10 heavy (non-hydrogen) atoms. The summed E-state index contributed by atoms with van der Waals surface area (Å²) in [6.45, 7) is 0. The molecule has 0 saturated carbocycles. The van der Waals surface area contributed by atoms with Gasteiger partial charge in [0.25, 0.3) is 10.1 Å². The highest BCUT2D eigenvalue weighted by Gasteiger charge is 2.17. The molecule has 0 atom stereocenters. The maximum Gasteiger partial charge on any atom is 0.283 e. The summed E-state index contributed by atoms with van der Waals surface area (Å²) >= 11 is 0. The predicted molar refractivity (Wildman–Crippen MR) is 33.9 cm³/mol. The Hall–Kier alpha value is -0.180. The Labute approximate surface area is 59.2 Å². The van der Waals surface area contributed by atoms with E-state index in [4.69, 9.17) is 0 Å². The van der Waals surface area contributed by atoms with Crippen LogP contribution in [-0.2, 0) is 24.3 Å². The minimum Gasteiger partial charge on any atom is -0.273 e. The molecule has 2 N–H and O–H groups in total. The van der Waals surface area contributed by atoms with E-state index in [0.29, 0.717) is 0 Å². The average Bonchev–Trinajstić information content (AvgIpc) is 1.60. The zero-order valence-electron chi connectivity index (χ0n) is 5.14. The third kappa shape index (κ3) is 4.68. The first-order chi connectivity index (χ1) is 4.27. The number of hydrogen-bond acceptors (Lipinski definition) is 5. The highest BCUT2D eigenvalue weighted by Crippen LogP contribution is 1.92. The van der Waals surface area contributed by atoms with Crippen LogP contribution in [0, 0.1) is 0 Å². The molecule has 0 aliphatic heterocycles. The van der Waals surface area contributed by atoms with Crippen molar-refractivity contribution in [2.24, 2.45) is 5.14 Å². The molecule has 0 spiro atoms. The minimum atomic E-state index is -4.01. The minimum absolute atomic E-state index is 0.862. The van der Waals surface area contributed by atoms with Gasteiger partial charge in [0.05, 0.1) is 7.11 Å². The van der Waals surface area contributed by atoms with E-state index >= 15 is 0 Å². The molecule has 0 aromatic rings. The number of primary sulfonamides is 1.